The van der Waals surface area contributed by atoms with Crippen molar-refractivity contribution in [2.24, 2.45) is 0 Å². The van der Waals surface area contributed by atoms with Gasteiger partial charge in [-0.1, -0.05) is 31.0 Å². The van der Waals surface area contributed by atoms with E-state index in [4.69, 9.17) is 12.2 Å². The molecule has 0 radical (unpaired) electrons. The molecular weight excluding hydrogens is 268 g/mol. The molecular formula is C12H18N2O2S2. The highest BCUT2D eigenvalue weighted by Gasteiger charge is 2.14. The Morgan fingerprint density at radius 3 is 2.44 bits per heavy atom. The molecule has 0 amide bonds. The van der Waals surface area contributed by atoms with E-state index in [-0.39, 0.29) is 10.0 Å². The quantitative estimate of drug-likeness (QED) is 0.641. The van der Waals surface area contributed by atoms with Crippen LogP contribution in [0.3, 0.4) is 0 Å². The summed E-state index contributed by atoms with van der Waals surface area (Å²) in [5.41, 5.74) is 1.01. The molecule has 0 bridgehead atoms. The molecule has 0 spiro atoms. The summed E-state index contributed by atoms with van der Waals surface area (Å²) >= 11 is 4.94. The standard InChI is InChI=1S/C12H18N2O2S2/c1-3-4-9-13-12(17)14-18(15,16)11-7-5-10(2)6-8-11/h5-8H,3-4,9H2,1-2H3,(H2,13,14,17). The Hall–Kier alpha value is -1.14. The molecule has 0 aromatic heterocycles. The normalized spacial score (nSPS) is 11.0. The minimum absolute atomic E-state index is 0.143. The molecule has 0 heterocycles. The molecule has 6 heteroatoms. The predicted molar refractivity (Wildman–Crippen MR) is 77.0 cm³/mol. The van der Waals surface area contributed by atoms with Gasteiger partial charge in [-0.15, -0.1) is 0 Å². The third kappa shape index (κ3) is 4.62. The Balaban J connectivity index is 2.64. The summed E-state index contributed by atoms with van der Waals surface area (Å²) in [6.45, 7) is 4.63. The molecule has 0 aliphatic carbocycles. The first-order valence-electron chi connectivity index (χ1n) is 5.83. The summed E-state index contributed by atoms with van der Waals surface area (Å²) in [5.74, 6) is 0. The van der Waals surface area contributed by atoms with E-state index in [0.29, 0.717) is 6.54 Å². The van der Waals surface area contributed by atoms with Gasteiger partial charge in [0.15, 0.2) is 5.11 Å². The van der Waals surface area contributed by atoms with E-state index in [9.17, 15) is 8.42 Å². The minimum atomic E-state index is -3.57. The number of thiocarbonyl (C=S) groups is 1. The Morgan fingerprint density at radius 2 is 1.89 bits per heavy atom. The van der Waals surface area contributed by atoms with Crippen molar-refractivity contribution in [3.8, 4) is 0 Å². The monoisotopic (exact) mass is 286 g/mol. The summed E-state index contributed by atoms with van der Waals surface area (Å²) in [5, 5.41) is 3.00. The van der Waals surface area contributed by atoms with E-state index >= 15 is 0 Å². The van der Waals surface area contributed by atoms with Crippen LogP contribution in [0, 0.1) is 6.92 Å². The van der Waals surface area contributed by atoms with E-state index < -0.39 is 10.0 Å². The van der Waals surface area contributed by atoms with Gasteiger partial charge in [0, 0.05) is 6.54 Å². The summed E-state index contributed by atoms with van der Waals surface area (Å²) in [4.78, 5) is 0.216. The molecule has 100 valence electrons. The van der Waals surface area contributed by atoms with Crippen molar-refractivity contribution in [1.82, 2.24) is 10.0 Å². The van der Waals surface area contributed by atoms with Crippen molar-refractivity contribution < 1.29 is 8.42 Å². The van der Waals surface area contributed by atoms with Gasteiger partial charge in [-0.3, -0.25) is 4.72 Å². The van der Waals surface area contributed by atoms with Gasteiger partial charge in [0.1, 0.15) is 0 Å². The fourth-order valence-electron chi connectivity index (χ4n) is 1.31. The summed E-state index contributed by atoms with van der Waals surface area (Å²) in [6, 6.07) is 6.63. The van der Waals surface area contributed by atoms with Gasteiger partial charge in [-0.05, 0) is 37.7 Å². The molecule has 2 N–H and O–H groups in total. The fourth-order valence-corrected chi connectivity index (χ4v) is 2.67. The molecule has 0 aliphatic heterocycles. The number of aryl methyl sites for hydroxylation is 1. The van der Waals surface area contributed by atoms with Gasteiger partial charge in [-0.2, -0.15) is 0 Å². The van der Waals surface area contributed by atoms with Crippen molar-refractivity contribution in [3.63, 3.8) is 0 Å². The Labute approximate surface area is 114 Å². The van der Waals surface area contributed by atoms with Crippen molar-refractivity contribution >= 4 is 27.4 Å². The second-order valence-corrected chi connectivity index (χ2v) is 6.12. The number of unbranched alkanes of at least 4 members (excludes halogenated alkanes) is 1. The van der Waals surface area contributed by atoms with E-state index in [1.807, 2.05) is 6.92 Å². The maximum Gasteiger partial charge on any atom is 0.263 e. The van der Waals surface area contributed by atoms with Crippen LogP contribution in [-0.2, 0) is 10.0 Å². The largest absolute Gasteiger partial charge is 0.362 e. The predicted octanol–water partition coefficient (Wildman–Crippen LogP) is 1.95. The lowest BCUT2D eigenvalue weighted by molar-refractivity contribution is 0.591. The lowest BCUT2D eigenvalue weighted by atomic mass is 10.2. The van der Waals surface area contributed by atoms with Crippen LogP contribution in [0.1, 0.15) is 25.3 Å². The smallest absolute Gasteiger partial charge is 0.263 e. The van der Waals surface area contributed by atoms with Crippen LogP contribution in [0.5, 0.6) is 0 Å². The maximum absolute atomic E-state index is 11.9. The number of nitrogens with one attached hydrogen (secondary N) is 2. The first-order valence-corrected chi connectivity index (χ1v) is 7.72. The first kappa shape index (κ1) is 14.9. The molecule has 1 rings (SSSR count). The number of hydrogen-bond acceptors (Lipinski definition) is 3. The van der Waals surface area contributed by atoms with Crippen molar-refractivity contribution in [2.45, 2.75) is 31.6 Å². The van der Waals surface area contributed by atoms with Crippen molar-refractivity contribution in [1.29, 1.82) is 0 Å². The Kier molecular flexibility index (Phi) is 5.55. The highest BCUT2D eigenvalue weighted by molar-refractivity contribution is 7.91. The Morgan fingerprint density at radius 1 is 1.28 bits per heavy atom. The van der Waals surface area contributed by atoms with Crippen LogP contribution < -0.4 is 10.0 Å². The average molecular weight is 286 g/mol. The zero-order valence-corrected chi connectivity index (χ0v) is 12.2. The van der Waals surface area contributed by atoms with Crippen LogP contribution in [-0.4, -0.2) is 20.1 Å². The zero-order chi connectivity index (χ0) is 13.6. The van der Waals surface area contributed by atoms with Crippen LogP contribution in [0.4, 0.5) is 0 Å². The molecule has 18 heavy (non-hydrogen) atoms. The highest BCUT2D eigenvalue weighted by atomic mass is 32.2. The third-order valence-corrected chi connectivity index (χ3v) is 4.12. The topological polar surface area (TPSA) is 58.2 Å². The SMILES string of the molecule is CCCCNC(=S)NS(=O)(=O)c1ccc(C)cc1. The van der Waals surface area contributed by atoms with Gasteiger partial charge in [-0.25, -0.2) is 8.42 Å². The second-order valence-electron chi connectivity index (χ2n) is 4.03. The number of benzene rings is 1. The number of rotatable bonds is 5. The fraction of sp³-hybridized carbons (Fsp3) is 0.417. The third-order valence-electron chi connectivity index (χ3n) is 2.37. The molecule has 1 aromatic rings. The number of sulfonamides is 1. The van der Waals surface area contributed by atoms with E-state index in [0.717, 1.165) is 18.4 Å². The van der Waals surface area contributed by atoms with Crippen LogP contribution in [0.15, 0.2) is 29.2 Å². The molecule has 0 saturated carbocycles. The summed E-state index contributed by atoms with van der Waals surface area (Å²) in [6.07, 6.45) is 1.98. The van der Waals surface area contributed by atoms with E-state index in [1.54, 1.807) is 24.3 Å². The molecule has 0 unspecified atom stereocenters. The molecule has 0 saturated heterocycles. The van der Waals surface area contributed by atoms with Gasteiger partial charge in [0.05, 0.1) is 4.90 Å². The van der Waals surface area contributed by atoms with E-state index in [1.165, 1.54) is 0 Å². The van der Waals surface area contributed by atoms with Crippen molar-refractivity contribution in [3.05, 3.63) is 29.8 Å². The van der Waals surface area contributed by atoms with Crippen LogP contribution in [0.2, 0.25) is 0 Å². The lowest BCUT2D eigenvalue weighted by Crippen LogP contribution is -2.39. The lowest BCUT2D eigenvalue weighted by Gasteiger charge is -2.10. The average Bonchev–Trinajstić information content (AvgIpc) is 2.29. The van der Waals surface area contributed by atoms with E-state index in [2.05, 4.69) is 17.0 Å². The molecule has 0 atom stereocenters. The van der Waals surface area contributed by atoms with Crippen LogP contribution in [0.25, 0.3) is 0 Å². The minimum Gasteiger partial charge on any atom is -0.362 e. The Bertz CT molecular complexity index is 495. The first-order chi connectivity index (χ1) is 8.45. The van der Waals surface area contributed by atoms with Crippen LogP contribution >= 0.6 is 12.2 Å². The van der Waals surface area contributed by atoms with Gasteiger partial charge >= 0.3 is 0 Å². The number of hydrogen-bond donors (Lipinski definition) is 2. The second kappa shape index (κ2) is 6.70. The highest BCUT2D eigenvalue weighted by Crippen LogP contribution is 2.09. The van der Waals surface area contributed by atoms with Gasteiger partial charge in [0.25, 0.3) is 10.0 Å². The summed E-state index contributed by atoms with van der Waals surface area (Å²) in [7, 11) is -3.57. The van der Waals surface area contributed by atoms with Crippen molar-refractivity contribution in [2.75, 3.05) is 6.54 Å². The molecule has 0 fully saturated rings. The molecule has 1 aromatic carbocycles. The zero-order valence-electron chi connectivity index (χ0n) is 10.6. The molecule has 4 nitrogen and oxygen atoms in total. The van der Waals surface area contributed by atoms with Gasteiger partial charge in [0.2, 0.25) is 0 Å². The van der Waals surface area contributed by atoms with Gasteiger partial charge < -0.3 is 5.32 Å². The molecule has 0 aliphatic rings. The maximum atomic E-state index is 11.9. The summed E-state index contributed by atoms with van der Waals surface area (Å²) < 4.78 is 26.2.